The number of halogens is 4. The smallest absolute Gasteiger partial charge is 0.416 e. The minimum Gasteiger partial charge on any atom is -0.467 e. The number of furan rings is 1. The monoisotopic (exact) mass is 347 g/mol. The second-order valence-corrected chi connectivity index (χ2v) is 5.09. The van der Waals surface area contributed by atoms with E-state index in [1.54, 1.807) is 12.1 Å². The summed E-state index contributed by atoms with van der Waals surface area (Å²) in [5.74, 6) is 0.576. The van der Waals surface area contributed by atoms with E-state index >= 15 is 0 Å². The van der Waals surface area contributed by atoms with Crippen LogP contribution in [0.15, 0.2) is 45.5 Å². The van der Waals surface area contributed by atoms with Crippen LogP contribution in [0.3, 0.4) is 0 Å². The zero-order valence-corrected chi connectivity index (χ0v) is 12.3. The van der Waals surface area contributed by atoms with Crippen molar-refractivity contribution in [1.29, 1.82) is 0 Å². The van der Waals surface area contributed by atoms with Gasteiger partial charge in [-0.25, -0.2) is 0 Å². The third kappa shape index (κ3) is 3.24. The summed E-state index contributed by atoms with van der Waals surface area (Å²) < 4.78 is 44.4. The number of rotatable bonds is 4. The van der Waals surface area contributed by atoms with Crippen LogP contribution >= 0.6 is 15.9 Å². The predicted octanol–water partition coefficient (Wildman–Crippen LogP) is 4.76. The lowest BCUT2D eigenvalue weighted by Crippen LogP contribution is -2.22. The molecule has 108 valence electrons. The highest BCUT2D eigenvalue weighted by Crippen LogP contribution is 2.35. The molecule has 0 saturated heterocycles. The SMILES string of the molecule is CCNC(c1ccco1)c1cc(C(F)(F)F)ccc1Br. The molecule has 0 fully saturated rings. The molecule has 0 aliphatic carbocycles. The molecular formula is C14H13BrF3NO. The maximum atomic E-state index is 12.8. The Balaban J connectivity index is 2.48. The van der Waals surface area contributed by atoms with E-state index in [0.29, 0.717) is 22.3 Å². The molecular weight excluding hydrogens is 335 g/mol. The maximum Gasteiger partial charge on any atom is 0.416 e. The Morgan fingerprint density at radius 1 is 1.30 bits per heavy atom. The number of hydrogen-bond acceptors (Lipinski definition) is 2. The summed E-state index contributed by atoms with van der Waals surface area (Å²) in [6.07, 6.45) is -2.86. The summed E-state index contributed by atoms with van der Waals surface area (Å²) in [4.78, 5) is 0. The van der Waals surface area contributed by atoms with Crippen molar-refractivity contribution in [2.75, 3.05) is 6.54 Å². The van der Waals surface area contributed by atoms with Crippen LogP contribution in [0.1, 0.15) is 29.9 Å². The molecule has 1 aromatic carbocycles. The molecule has 2 aromatic rings. The number of alkyl halides is 3. The largest absolute Gasteiger partial charge is 0.467 e. The van der Waals surface area contributed by atoms with Gasteiger partial charge in [0.05, 0.1) is 17.9 Å². The molecule has 0 aliphatic rings. The Labute approximate surface area is 123 Å². The van der Waals surface area contributed by atoms with Gasteiger partial charge in [-0.1, -0.05) is 22.9 Å². The van der Waals surface area contributed by atoms with Gasteiger partial charge in [0.1, 0.15) is 5.76 Å². The quantitative estimate of drug-likeness (QED) is 0.862. The maximum absolute atomic E-state index is 12.8. The Hall–Kier alpha value is -1.27. The van der Waals surface area contributed by atoms with E-state index < -0.39 is 17.8 Å². The van der Waals surface area contributed by atoms with E-state index in [1.165, 1.54) is 12.3 Å². The lowest BCUT2D eigenvalue weighted by Gasteiger charge is -2.19. The molecule has 1 atom stereocenters. The Morgan fingerprint density at radius 2 is 2.05 bits per heavy atom. The molecule has 0 aliphatic heterocycles. The third-order valence-electron chi connectivity index (χ3n) is 2.87. The summed E-state index contributed by atoms with van der Waals surface area (Å²) in [5.41, 5.74) is -0.179. The van der Waals surface area contributed by atoms with Crippen molar-refractivity contribution in [2.45, 2.75) is 19.1 Å². The molecule has 0 saturated carbocycles. The van der Waals surface area contributed by atoms with E-state index in [4.69, 9.17) is 4.42 Å². The van der Waals surface area contributed by atoms with Crippen LogP contribution in [-0.4, -0.2) is 6.54 Å². The van der Waals surface area contributed by atoms with Crippen LogP contribution in [0.4, 0.5) is 13.2 Å². The Kier molecular flexibility index (Phi) is 4.55. The first kappa shape index (κ1) is 15.1. The van der Waals surface area contributed by atoms with Crippen molar-refractivity contribution in [2.24, 2.45) is 0 Å². The minimum absolute atomic E-state index is 0.424. The average molecular weight is 348 g/mol. The fourth-order valence-corrected chi connectivity index (χ4v) is 2.44. The van der Waals surface area contributed by atoms with Gasteiger partial charge in [-0.3, -0.25) is 0 Å². The van der Waals surface area contributed by atoms with E-state index in [9.17, 15) is 13.2 Å². The van der Waals surface area contributed by atoms with Gasteiger partial charge in [-0.05, 0) is 42.4 Å². The summed E-state index contributed by atoms with van der Waals surface area (Å²) >= 11 is 3.30. The first-order chi connectivity index (χ1) is 9.43. The van der Waals surface area contributed by atoms with Crippen molar-refractivity contribution >= 4 is 15.9 Å². The second-order valence-electron chi connectivity index (χ2n) is 4.24. The van der Waals surface area contributed by atoms with Crippen LogP contribution in [0, 0.1) is 0 Å². The van der Waals surface area contributed by atoms with E-state index in [2.05, 4.69) is 21.2 Å². The number of hydrogen-bond donors (Lipinski definition) is 1. The lowest BCUT2D eigenvalue weighted by molar-refractivity contribution is -0.137. The van der Waals surface area contributed by atoms with Crippen LogP contribution in [0.2, 0.25) is 0 Å². The van der Waals surface area contributed by atoms with Gasteiger partial charge in [-0.2, -0.15) is 13.2 Å². The third-order valence-corrected chi connectivity index (χ3v) is 3.59. The molecule has 1 aromatic heterocycles. The fraction of sp³-hybridized carbons (Fsp3) is 0.286. The molecule has 2 nitrogen and oxygen atoms in total. The van der Waals surface area contributed by atoms with Crippen LogP contribution < -0.4 is 5.32 Å². The highest BCUT2D eigenvalue weighted by Gasteiger charge is 2.32. The molecule has 0 bridgehead atoms. The standard InChI is InChI=1S/C14H13BrF3NO/c1-2-19-13(12-4-3-7-20-12)10-8-9(14(16,17)18)5-6-11(10)15/h3-8,13,19H,2H2,1H3. The molecule has 0 amide bonds. The van der Waals surface area contributed by atoms with Gasteiger partial charge in [0.15, 0.2) is 0 Å². The molecule has 0 radical (unpaired) electrons. The van der Waals surface area contributed by atoms with Crippen molar-refractivity contribution < 1.29 is 17.6 Å². The first-order valence-electron chi connectivity index (χ1n) is 6.07. The fourth-order valence-electron chi connectivity index (χ4n) is 1.96. The van der Waals surface area contributed by atoms with E-state index in [-0.39, 0.29) is 0 Å². The highest BCUT2D eigenvalue weighted by molar-refractivity contribution is 9.10. The molecule has 0 spiro atoms. The highest BCUT2D eigenvalue weighted by atomic mass is 79.9. The molecule has 1 heterocycles. The topological polar surface area (TPSA) is 25.2 Å². The first-order valence-corrected chi connectivity index (χ1v) is 6.86. The Morgan fingerprint density at radius 3 is 2.60 bits per heavy atom. The van der Waals surface area contributed by atoms with Gasteiger partial charge in [0, 0.05) is 4.47 Å². The normalized spacial score (nSPS) is 13.4. The van der Waals surface area contributed by atoms with Crippen molar-refractivity contribution in [3.63, 3.8) is 0 Å². The molecule has 20 heavy (non-hydrogen) atoms. The van der Waals surface area contributed by atoms with Gasteiger partial charge in [-0.15, -0.1) is 0 Å². The van der Waals surface area contributed by atoms with Crippen LogP contribution in [0.5, 0.6) is 0 Å². The van der Waals surface area contributed by atoms with Crippen LogP contribution in [-0.2, 0) is 6.18 Å². The van der Waals surface area contributed by atoms with Crippen molar-refractivity contribution in [3.8, 4) is 0 Å². The average Bonchev–Trinajstić information content (AvgIpc) is 2.89. The second kappa shape index (κ2) is 6.01. The van der Waals surface area contributed by atoms with E-state index in [1.807, 2.05) is 6.92 Å². The number of nitrogens with one attached hydrogen (secondary N) is 1. The van der Waals surface area contributed by atoms with Gasteiger partial charge in [0.25, 0.3) is 0 Å². The van der Waals surface area contributed by atoms with Crippen molar-refractivity contribution in [1.82, 2.24) is 5.32 Å². The van der Waals surface area contributed by atoms with Crippen LogP contribution in [0.25, 0.3) is 0 Å². The molecule has 2 rings (SSSR count). The van der Waals surface area contributed by atoms with E-state index in [0.717, 1.165) is 12.1 Å². The zero-order chi connectivity index (χ0) is 14.8. The molecule has 1 N–H and O–H groups in total. The summed E-state index contributed by atoms with van der Waals surface area (Å²) in [7, 11) is 0. The van der Waals surface area contributed by atoms with Gasteiger partial charge < -0.3 is 9.73 Å². The lowest BCUT2D eigenvalue weighted by atomic mass is 10.0. The molecule has 6 heteroatoms. The summed E-state index contributed by atoms with van der Waals surface area (Å²) in [5, 5.41) is 3.13. The molecule has 1 unspecified atom stereocenters. The van der Waals surface area contributed by atoms with Gasteiger partial charge >= 0.3 is 6.18 Å². The van der Waals surface area contributed by atoms with Gasteiger partial charge in [0.2, 0.25) is 0 Å². The minimum atomic E-state index is -4.37. The predicted molar refractivity (Wildman–Crippen MR) is 73.4 cm³/mol. The zero-order valence-electron chi connectivity index (χ0n) is 10.7. The van der Waals surface area contributed by atoms with Crippen molar-refractivity contribution in [3.05, 3.63) is 58.0 Å². The number of benzene rings is 1. The summed E-state index contributed by atoms with van der Waals surface area (Å²) in [6, 6.07) is 6.62. The Bertz CT molecular complexity index is 566. The summed E-state index contributed by atoms with van der Waals surface area (Å²) in [6.45, 7) is 2.49.